The number of nitrogens with one attached hydrogen (secondary N) is 1. The first-order valence-electron chi connectivity index (χ1n) is 9.15. The van der Waals surface area contributed by atoms with Gasteiger partial charge in [0.05, 0.1) is 12.0 Å². The molecule has 1 aromatic carbocycles. The Morgan fingerprint density at radius 2 is 2.04 bits per heavy atom. The highest BCUT2D eigenvalue weighted by atomic mass is 32.2. The number of thioether (sulfide) groups is 1. The summed E-state index contributed by atoms with van der Waals surface area (Å²) in [6.45, 7) is 9.28. The lowest BCUT2D eigenvalue weighted by Gasteiger charge is -2.19. The first-order chi connectivity index (χ1) is 12.9. The van der Waals surface area contributed by atoms with E-state index in [1.807, 2.05) is 29.7 Å². The third kappa shape index (κ3) is 4.71. The number of hydrogen-bond acceptors (Lipinski definition) is 5. The van der Waals surface area contributed by atoms with E-state index in [4.69, 9.17) is 4.74 Å². The Labute approximate surface area is 164 Å². The van der Waals surface area contributed by atoms with Crippen molar-refractivity contribution in [2.24, 2.45) is 0 Å². The monoisotopic (exact) mass is 386 g/mol. The molecule has 144 valence electrons. The minimum Gasteiger partial charge on any atom is -0.490 e. The highest BCUT2D eigenvalue weighted by Gasteiger charge is 2.23. The van der Waals surface area contributed by atoms with Crippen molar-refractivity contribution < 1.29 is 9.53 Å². The van der Waals surface area contributed by atoms with Crippen molar-refractivity contribution >= 4 is 23.4 Å². The second-order valence-corrected chi connectivity index (χ2v) is 8.42. The van der Waals surface area contributed by atoms with Gasteiger partial charge >= 0.3 is 0 Å². The van der Waals surface area contributed by atoms with Crippen LogP contribution >= 0.6 is 11.8 Å². The SMILES string of the molecule is CCn1c(SCC(=O)Nc2ccc(C(C)(C)C)cc2)nnc1C1CC=CO1. The summed E-state index contributed by atoms with van der Waals surface area (Å²) in [6.07, 6.45) is 4.39. The summed E-state index contributed by atoms with van der Waals surface area (Å²) in [5.74, 6) is 1.03. The predicted molar refractivity (Wildman–Crippen MR) is 108 cm³/mol. The minimum absolute atomic E-state index is 0.0607. The zero-order valence-corrected chi connectivity index (χ0v) is 17.0. The quantitative estimate of drug-likeness (QED) is 0.750. The Morgan fingerprint density at radius 1 is 1.30 bits per heavy atom. The van der Waals surface area contributed by atoms with E-state index in [1.165, 1.54) is 17.3 Å². The van der Waals surface area contributed by atoms with E-state index in [0.29, 0.717) is 0 Å². The Hall–Kier alpha value is -2.28. The van der Waals surface area contributed by atoms with Crippen molar-refractivity contribution in [3.8, 4) is 0 Å². The number of carbonyl (C=O) groups is 1. The van der Waals surface area contributed by atoms with E-state index in [0.717, 1.165) is 29.6 Å². The van der Waals surface area contributed by atoms with Crippen LogP contribution in [0.2, 0.25) is 0 Å². The molecule has 27 heavy (non-hydrogen) atoms. The van der Waals surface area contributed by atoms with Crippen LogP contribution in [0.4, 0.5) is 5.69 Å². The molecule has 0 fully saturated rings. The van der Waals surface area contributed by atoms with Gasteiger partial charge < -0.3 is 14.6 Å². The lowest BCUT2D eigenvalue weighted by Crippen LogP contribution is -2.16. The van der Waals surface area contributed by atoms with Crippen LogP contribution in [0, 0.1) is 0 Å². The molecule has 0 radical (unpaired) electrons. The zero-order chi connectivity index (χ0) is 19.4. The molecule has 1 atom stereocenters. The molecule has 0 aliphatic carbocycles. The van der Waals surface area contributed by atoms with E-state index in [2.05, 4.69) is 48.4 Å². The molecule has 1 aliphatic heterocycles. The van der Waals surface area contributed by atoms with E-state index in [1.54, 1.807) is 6.26 Å². The van der Waals surface area contributed by atoms with Gasteiger partial charge in [-0.15, -0.1) is 10.2 Å². The highest BCUT2D eigenvalue weighted by molar-refractivity contribution is 7.99. The van der Waals surface area contributed by atoms with Crippen molar-refractivity contribution in [1.82, 2.24) is 14.8 Å². The van der Waals surface area contributed by atoms with E-state index in [-0.39, 0.29) is 23.2 Å². The summed E-state index contributed by atoms with van der Waals surface area (Å²) in [5.41, 5.74) is 2.14. The molecule has 6 nitrogen and oxygen atoms in total. The lowest BCUT2D eigenvalue weighted by atomic mass is 9.87. The topological polar surface area (TPSA) is 69.0 Å². The van der Waals surface area contributed by atoms with Crippen LogP contribution in [0.5, 0.6) is 0 Å². The first kappa shape index (κ1) is 19.5. The number of benzene rings is 1. The standard InChI is InChI=1S/C20H26N4O2S/c1-5-24-18(16-7-6-12-26-16)22-23-19(24)27-13-17(25)21-15-10-8-14(9-11-15)20(2,3)4/h6,8-12,16H,5,7,13H2,1-4H3,(H,21,25). The molecular weight excluding hydrogens is 360 g/mol. The molecule has 1 N–H and O–H groups in total. The van der Waals surface area contributed by atoms with Crippen LogP contribution in [-0.2, 0) is 21.5 Å². The van der Waals surface area contributed by atoms with Gasteiger partial charge in [0, 0.05) is 18.7 Å². The minimum atomic E-state index is -0.0815. The number of rotatable bonds is 6. The average molecular weight is 387 g/mol. The van der Waals surface area contributed by atoms with Gasteiger partial charge in [0.15, 0.2) is 17.1 Å². The molecule has 1 aliphatic rings. The number of aromatic nitrogens is 3. The van der Waals surface area contributed by atoms with Crippen molar-refractivity contribution in [2.75, 3.05) is 11.1 Å². The van der Waals surface area contributed by atoms with Crippen molar-refractivity contribution in [3.05, 3.63) is 48.0 Å². The Kier molecular flexibility index (Phi) is 5.89. The largest absolute Gasteiger partial charge is 0.490 e. The van der Waals surface area contributed by atoms with Gasteiger partial charge in [-0.1, -0.05) is 44.7 Å². The fourth-order valence-electron chi connectivity index (χ4n) is 2.87. The van der Waals surface area contributed by atoms with E-state index < -0.39 is 0 Å². The molecule has 1 aromatic heterocycles. The molecule has 3 rings (SSSR count). The zero-order valence-electron chi connectivity index (χ0n) is 16.2. The number of anilines is 1. The molecule has 2 aromatic rings. The Bertz CT molecular complexity index is 813. The third-order valence-electron chi connectivity index (χ3n) is 4.41. The number of amides is 1. The predicted octanol–water partition coefficient (Wildman–Crippen LogP) is 4.30. The first-order valence-corrected chi connectivity index (χ1v) is 10.1. The number of carbonyl (C=O) groups excluding carboxylic acids is 1. The summed E-state index contributed by atoms with van der Waals surface area (Å²) in [5, 5.41) is 12.2. The maximum atomic E-state index is 12.3. The number of nitrogens with zero attached hydrogens (tertiary/aromatic N) is 3. The molecule has 0 saturated carbocycles. The van der Waals surface area contributed by atoms with Crippen LogP contribution in [0.25, 0.3) is 0 Å². The fourth-order valence-corrected chi connectivity index (χ4v) is 3.68. The van der Waals surface area contributed by atoms with Crippen molar-refractivity contribution in [1.29, 1.82) is 0 Å². The second-order valence-electron chi connectivity index (χ2n) is 7.48. The maximum absolute atomic E-state index is 12.3. The maximum Gasteiger partial charge on any atom is 0.234 e. The van der Waals surface area contributed by atoms with Crippen LogP contribution in [-0.4, -0.2) is 26.4 Å². The molecule has 2 heterocycles. The summed E-state index contributed by atoms with van der Waals surface area (Å²) in [7, 11) is 0. The Morgan fingerprint density at radius 3 is 2.63 bits per heavy atom. The van der Waals surface area contributed by atoms with Crippen LogP contribution in [0.3, 0.4) is 0 Å². The van der Waals surface area contributed by atoms with Gasteiger partial charge in [-0.05, 0) is 36.1 Å². The van der Waals surface area contributed by atoms with Crippen LogP contribution in [0.15, 0.2) is 41.8 Å². The molecule has 7 heteroatoms. The van der Waals surface area contributed by atoms with Gasteiger partial charge in [-0.3, -0.25) is 4.79 Å². The summed E-state index contributed by atoms with van der Waals surface area (Å²) < 4.78 is 7.55. The van der Waals surface area contributed by atoms with Gasteiger partial charge in [0.1, 0.15) is 0 Å². The molecular formula is C20H26N4O2S. The second kappa shape index (κ2) is 8.17. The third-order valence-corrected chi connectivity index (χ3v) is 5.37. The average Bonchev–Trinajstić information content (AvgIpc) is 3.28. The van der Waals surface area contributed by atoms with E-state index >= 15 is 0 Å². The number of hydrogen-bond donors (Lipinski definition) is 1. The highest BCUT2D eigenvalue weighted by Crippen LogP contribution is 2.28. The molecule has 0 spiro atoms. The van der Waals surface area contributed by atoms with Crippen LogP contribution in [0.1, 0.15) is 51.6 Å². The van der Waals surface area contributed by atoms with Gasteiger partial charge in [0.25, 0.3) is 0 Å². The van der Waals surface area contributed by atoms with Gasteiger partial charge in [-0.25, -0.2) is 0 Å². The van der Waals surface area contributed by atoms with E-state index in [9.17, 15) is 4.79 Å². The number of ether oxygens (including phenoxy) is 1. The Balaban J connectivity index is 1.58. The molecule has 1 unspecified atom stereocenters. The van der Waals surface area contributed by atoms with Crippen molar-refractivity contribution in [2.45, 2.75) is 57.3 Å². The molecule has 1 amide bonds. The van der Waals surface area contributed by atoms with Gasteiger partial charge in [0.2, 0.25) is 5.91 Å². The summed E-state index contributed by atoms with van der Waals surface area (Å²) in [4.78, 5) is 12.3. The lowest BCUT2D eigenvalue weighted by molar-refractivity contribution is -0.113. The molecule has 0 bridgehead atoms. The van der Waals surface area contributed by atoms with Gasteiger partial charge in [-0.2, -0.15) is 0 Å². The van der Waals surface area contributed by atoms with Crippen molar-refractivity contribution in [3.63, 3.8) is 0 Å². The smallest absolute Gasteiger partial charge is 0.234 e. The molecule has 0 saturated heterocycles. The summed E-state index contributed by atoms with van der Waals surface area (Å²) >= 11 is 1.39. The summed E-state index contributed by atoms with van der Waals surface area (Å²) in [6, 6.07) is 8.00. The fraction of sp³-hybridized carbons (Fsp3) is 0.450. The van der Waals surface area contributed by atoms with Crippen LogP contribution < -0.4 is 5.32 Å². The normalized spacial score (nSPS) is 16.4.